The number of hydrogen-bond acceptors (Lipinski definition) is 7. The topological polar surface area (TPSA) is 108 Å². The van der Waals surface area contributed by atoms with Crippen molar-refractivity contribution in [3.8, 4) is 0 Å². The van der Waals surface area contributed by atoms with Crippen LogP contribution in [0.1, 0.15) is 18.7 Å². The van der Waals surface area contributed by atoms with Crippen LogP contribution in [0.3, 0.4) is 0 Å². The minimum Gasteiger partial charge on any atom is -0.341 e. The van der Waals surface area contributed by atoms with Gasteiger partial charge in [0.15, 0.2) is 15.0 Å². The number of amides is 1. The van der Waals surface area contributed by atoms with Gasteiger partial charge < -0.3 is 10.3 Å². The number of benzene rings is 2. The summed E-state index contributed by atoms with van der Waals surface area (Å²) in [7, 11) is -3.28. The number of para-hydroxylation sites is 2. The Kier molecular flexibility index (Phi) is 5.44. The molecule has 2 aromatic heterocycles. The van der Waals surface area contributed by atoms with Gasteiger partial charge in [-0.1, -0.05) is 23.5 Å². The first-order valence-corrected chi connectivity index (χ1v) is 13.1. The van der Waals surface area contributed by atoms with E-state index >= 15 is 0 Å². The smallest absolute Gasteiger partial charge is 0.229 e. The number of anilines is 1. The molecule has 0 spiro atoms. The zero-order valence-corrected chi connectivity index (χ0v) is 19.2. The van der Waals surface area contributed by atoms with E-state index in [0.29, 0.717) is 10.6 Å². The van der Waals surface area contributed by atoms with Crippen molar-refractivity contribution in [2.75, 3.05) is 24.7 Å². The third-order valence-electron chi connectivity index (χ3n) is 5.79. The minimum absolute atomic E-state index is 0.0317. The van der Waals surface area contributed by atoms with Crippen molar-refractivity contribution in [2.45, 2.75) is 24.3 Å². The van der Waals surface area contributed by atoms with Crippen molar-refractivity contribution < 1.29 is 13.2 Å². The van der Waals surface area contributed by atoms with Gasteiger partial charge in [-0.2, -0.15) is 0 Å². The standard InChI is InChI=1S/C22H23N5O3S2/c1-32(29,30)15-6-7-18-19(12-15)31-22(25-18)26-21(28)14-8-10-27(11-9-14)13-20-23-16-4-2-3-5-17(16)24-20/h2-7,12,14H,8-11,13H2,1H3,(H,23,24)(H,25,26,28). The van der Waals surface area contributed by atoms with Crippen molar-refractivity contribution in [2.24, 2.45) is 5.92 Å². The number of carbonyl (C=O) groups is 1. The Morgan fingerprint density at radius 1 is 1.16 bits per heavy atom. The van der Waals surface area contributed by atoms with E-state index in [9.17, 15) is 13.2 Å². The Morgan fingerprint density at radius 3 is 2.69 bits per heavy atom. The van der Waals surface area contributed by atoms with Crippen LogP contribution in [0.5, 0.6) is 0 Å². The predicted molar refractivity (Wildman–Crippen MR) is 125 cm³/mol. The number of nitrogens with one attached hydrogen (secondary N) is 2. The Bertz CT molecular complexity index is 1370. The van der Waals surface area contributed by atoms with Gasteiger partial charge in [0.25, 0.3) is 0 Å². The first-order valence-electron chi connectivity index (χ1n) is 10.4. The van der Waals surface area contributed by atoms with Gasteiger partial charge in [0, 0.05) is 12.2 Å². The molecular formula is C22H23N5O3S2. The van der Waals surface area contributed by atoms with E-state index in [1.807, 2.05) is 24.3 Å². The molecule has 0 bridgehead atoms. The number of nitrogens with zero attached hydrogens (tertiary/aromatic N) is 3. The second-order valence-electron chi connectivity index (χ2n) is 8.16. The highest BCUT2D eigenvalue weighted by Crippen LogP contribution is 2.29. The fourth-order valence-corrected chi connectivity index (χ4v) is 5.67. The summed E-state index contributed by atoms with van der Waals surface area (Å²) in [5.41, 5.74) is 2.69. The van der Waals surface area contributed by atoms with Crippen molar-refractivity contribution in [3.05, 3.63) is 48.3 Å². The van der Waals surface area contributed by atoms with Crippen molar-refractivity contribution in [1.29, 1.82) is 0 Å². The fourth-order valence-electron chi connectivity index (χ4n) is 4.04. The zero-order valence-electron chi connectivity index (χ0n) is 17.5. The van der Waals surface area contributed by atoms with Gasteiger partial charge in [-0.05, 0) is 56.3 Å². The lowest BCUT2D eigenvalue weighted by Crippen LogP contribution is -2.38. The summed E-state index contributed by atoms with van der Waals surface area (Å²) in [4.78, 5) is 27.8. The molecule has 32 heavy (non-hydrogen) atoms. The molecule has 1 aliphatic rings. The van der Waals surface area contributed by atoms with Gasteiger partial charge in [-0.15, -0.1) is 0 Å². The van der Waals surface area contributed by atoms with E-state index in [1.54, 1.807) is 18.2 Å². The third kappa shape index (κ3) is 4.38. The molecular weight excluding hydrogens is 446 g/mol. The van der Waals surface area contributed by atoms with Crippen molar-refractivity contribution >= 4 is 53.5 Å². The van der Waals surface area contributed by atoms with Gasteiger partial charge >= 0.3 is 0 Å². The van der Waals surface area contributed by atoms with Gasteiger partial charge in [0.2, 0.25) is 5.91 Å². The molecule has 0 atom stereocenters. The molecule has 2 aromatic carbocycles. The van der Waals surface area contributed by atoms with E-state index < -0.39 is 9.84 Å². The lowest BCUT2D eigenvalue weighted by molar-refractivity contribution is -0.121. The monoisotopic (exact) mass is 469 g/mol. The molecule has 5 rings (SSSR count). The number of aromatic nitrogens is 3. The Hall–Kier alpha value is -2.82. The summed E-state index contributed by atoms with van der Waals surface area (Å²) >= 11 is 1.29. The quantitative estimate of drug-likeness (QED) is 0.464. The SMILES string of the molecule is CS(=O)(=O)c1ccc2nc(NC(=O)C3CCN(Cc4nc5ccccc5[nH]4)CC3)sc2c1. The van der Waals surface area contributed by atoms with Crippen LogP contribution in [0.4, 0.5) is 5.13 Å². The summed E-state index contributed by atoms with van der Waals surface area (Å²) in [6, 6.07) is 12.8. The van der Waals surface area contributed by atoms with E-state index in [-0.39, 0.29) is 16.7 Å². The van der Waals surface area contributed by atoms with Crippen molar-refractivity contribution in [3.63, 3.8) is 0 Å². The number of thiazole rings is 1. The van der Waals surface area contributed by atoms with E-state index in [4.69, 9.17) is 0 Å². The number of sulfone groups is 1. The Morgan fingerprint density at radius 2 is 1.94 bits per heavy atom. The second kappa shape index (κ2) is 8.27. The molecule has 0 saturated carbocycles. The van der Waals surface area contributed by atoms with Crippen LogP contribution < -0.4 is 5.32 Å². The lowest BCUT2D eigenvalue weighted by atomic mass is 9.96. The molecule has 0 radical (unpaired) electrons. The molecule has 8 nitrogen and oxygen atoms in total. The Balaban J connectivity index is 1.19. The van der Waals surface area contributed by atoms with Crippen LogP contribution in [-0.4, -0.2) is 53.5 Å². The second-order valence-corrected chi connectivity index (χ2v) is 11.2. The maximum atomic E-state index is 12.8. The highest BCUT2D eigenvalue weighted by molar-refractivity contribution is 7.90. The molecule has 1 fully saturated rings. The predicted octanol–water partition coefficient (Wildman–Crippen LogP) is 3.43. The molecule has 2 N–H and O–H groups in total. The van der Waals surface area contributed by atoms with E-state index in [1.165, 1.54) is 17.6 Å². The van der Waals surface area contributed by atoms with Crippen LogP contribution >= 0.6 is 11.3 Å². The Labute approximate surface area is 189 Å². The maximum absolute atomic E-state index is 12.8. The molecule has 0 unspecified atom stereocenters. The van der Waals surface area contributed by atoms with Gasteiger partial charge in [-0.3, -0.25) is 9.69 Å². The van der Waals surface area contributed by atoms with Crippen LogP contribution in [-0.2, 0) is 21.2 Å². The number of H-pyrrole nitrogens is 1. The van der Waals surface area contributed by atoms with Crippen LogP contribution in [0, 0.1) is 5.92 Å². The van der Waals surface area contributed by atoms with Crippen LogP contribution in [0.25, 0.3) is 21.3 Å². The highest BCUT2D eigenvalue weighted by atomic mass is 32.2. The largest absolute Gasteiger partial charge is 0.341 e. The summed E-state index contributed by atoms with van der Waals surface area (Å²) < 4.78 is 24.3. The van der Waals surface area contributed by atoms with Gasteiger partial charge in [-0.25, -0.2) is 18.4 Å². The van der Waals surface area contributed by atoms with E-state index in [0.717, 1.165) is 54.0 Å². The molecule has 10 heteroatoms. The number of likely N-dealkylation sites (tertiary alicyclic amines) is 1. The average molecular weight is 470 g/mol. The third-order valence-corrected chi connectivity index (χ3v) is 7.83. The average Bonchev–Trinajstić information content (AvgIpc) is 3.35. The molecule has 3 heterocycles. The molecule has 4 aromatic rings. The molecule has 1 saturated heterocycles. The summed E-state index contributed by atoms with van der Waals surface area (Å²) in [5.74, 6) is 0.841. The summed E-state index contributed by atoms with van der Waals surface area (Å²) in [6.45, 7) is 2.39. The highest BCUT2D eigenvalue weighted by Gasteiger charge is 2.26. The number of aromatic amines is 1. The first kappa shape index (κ1) is 21.0. The maximum Gasteiger partial charge on any atom is 0.229 e. The number of imidazole rings is 1. The molecule has 166 valence electrons. The number of piperidine rings is 1. The number of carbonyl (C=O) groups excluding carboxylic acids is 1. The lowest BCUT2D eigenvalue weighted by Gasteiger charge is -2.30. The summed E-state index contributed by atoms with van der Waals surface area (Å²) in [5, 5.41) is 3.42. The first-order chi connectivity index (χ1) is 15.3. The minimum atomic E-state index is -3.28. The summed E-state index contributed by atoms with van der Waals surface area (Å²) in [6.07, 6.45) is 2.73. The molecule has 1 aliphatic heterocycles. The number of fused-ring (bicyclic) bond motifs is 2. The van der Waals surface area contributed by atoms with E-state index in [2.05, 4.69) is 25.2 Å². The van der Waals surface area contributed by atoms with Gasteiger partial charge in [0.05, 0.1) is 32.7 Å². The normalized spacial score (nSPS) is 16.0. The van der Waals surface area contributed by atoms with Gasteiger partial charge in [0.1, 0.15) is 5.82 Å². The molecule has 0 aliphatic carbocycles. The number of rotatable bonds is 5. The number of hydrogen-bond donors (Lipinski definition) is 2. The zero-order chi connectivity index (χ0) is 22.3. The van der Waals surface area contributed by atoms with Crippen LogP contribution in [0.2, 0.25) is 0 Å². The molecule has 1 amide bonds. The fraction of sp³-hybridized carbons (Fsp3) is 0.318. The van der Waals surface area contributed by atoms with Crippen molar-refractivity contribution in [1.82, 2.24) is 19.9 Å². The van der Waals surface area contributed by atoms with Crippen LogP contribution in [0.15, 0.2) is 47.4 Å².